The highest BCUT2D eigenvalue weighted by Crippen LogP contribution is 2.08. The minimum absolute atomic E-state index is 0.0313. The van der Waals surface area contributed by atoms with Gasteiger partial charge in [-0.05, 0) is 0 Å². The molecule has 0 aliphatic heterocycles. The maximum Gasteiger partial charge on any atom is 0.234 e. The first-order chi connectivity index (χ1) is 3.84. The summed E-state index contributed by atoms with van der Waals surface area (Å²) in [4.78, 5) is 0. The standard InChI is InChI=1S/C2H3FN4S/c3-8-7-1-5-6-2(7)4/h1H,(H2,4,6). The molecular weight excluding hydrogens is 131 g/mol. The van der Waals surface area contributed by atoms with Gasteiger partial charge in [0.1, 0.15) is 6.33 Å². The first-order valence-corrected chi connectivity index (χ1v) is 2.46. The summed E-state index contributed by atoms with van der Waals surface area (Å²) in [5.41, 5.74) is 5.08. The Bertz CT molecular complexity index is 174. The number of aromatic nitrogens is 3. The molecule has 0 saturated heterocycles. The van der Waals surface area contributed by atoms with Crippen LogP contribution in [0.4, 0.5) is 9.83 Å². The fourth-order valence-corrected chi connectivity index (χ4v) is 0.473. The third-order valence-corrected chi connectivity index (χ3v) is 1.05. The molecule has 8 heavy (non-hydrogen) atoms. The van der Waals surface area contributed by atoms with E-state index in [2.05, 4.69) is 10.2 Å². The fourth-order valence-electron chi connectivity index (χ4n) is 0.288. The summed E-state index contributed by atoms with van der Waals surface area (Å²) in [6, 6.07) is 0. The van der Waals surface area contributed by atoms with Crippen LogP contribution in [-0.2, 0) is 0 Å². The van der Waals surface area contributed by atoms with Gasteiger partial charge in [-0.25, -0.2) is 3.97 Å². The van der Waals surface area contributed by atoms with Crippen molar-refractivity contribution in [3.05, 3.63) is 6.33 Å². The lowest BCUT2D eigenvalue weighted by atomic mass is 11.1. The molecule has 0 unspecified atom stereocenters. The molecule has 0 aliphatic rings. The van der Waals surface area contributed by atoms with Gasteiger partial charge in [0, 0.05) is 0 Å². The number of nitrogens with two attached hydrogens (primary N) is 1. The summed E-state index contributed by atoms with van der Waals surface area (Å²) >= 11 is -0.0313. The van der Waals surface area contributed by atoms with Crippen molar-refractivity contribution in [2.24, 2.45) is 0 Å². The van der Waals surface area contributed by atoms with Crippen LogP contribution in [0.5, 0.6) is 0 Å². The Morgan fingerprint density at radius 2 is 2.62 bits per heavy atom. The molecule has 0 saturated carbocycles. The molecule has 0 atom stereocenters. The van der Waals surface area contributed by atoms with Crippen LogP contribution in [0.2, 0.25) is 0 Å². The highest BCUT2D eigenvalue weighted by molar-refractivity contribution is 7.92. The summed E-state index contributed by atoms with van der Waals surface area (Å²) in [5, 5.41) is 6.64. The Morgan fingerprint density at radius 3 is 2.88 bits per heavy atom. The van der Waals surface area contributed by atoms with Gasteiger partial charge in [-0.15, -0.1) is 14.1 Å². The minimum atomic E-state index is -0.0313. The summed E-state index contributed by atoms with van der Waals surface area (Å²) in [6.07, 6.45) is 1.19. The lowest BCUT2D eigenvalue weighted by Gasteiger charge is -1.86. The van der Waals surface area contributed by atoms with Crippen molar-refractivity contribution < 1.29 is 3.89 Å². The average molecular weight is 134 g/mol. The fraction of sp³-hybridized carbons (Fsp3) is 0. The second-order valence-electron chi connectivity index (χ2n) is 1.08. The van der Waals surface area contributed by atoms with E-state index in [1.165, 1.54) is 6.33 Å². The number of nitrogens with zero attached hydrogens (tertiary/aromatic N) is 3. The average Bonchev–Trinajstić information content (AvgIpc) is 2.14. The van der Waals surface area contributed by atoms with Crippen molar-refractivity contribution in [3.8, 4) is 0 Å². The minimum Gasteiger partial charge on any atom is -0.367 e. The van der Waals surface area contributed by atoms with Gasteiger partial charge in [0.05, 0.1) is 0 Å². The van der Waals surface area contributed by atoms with Crippen molar-refractivity contribution in [1.82, 2.24) is 14.2 Å². The second kappa shape index (κ2) is 1.99. The van der Waals surface area contributed by atoms with Gasteiger partial charge in [0.2, 0.25) is 5.95 Å². The van der Waals surface area contributed by atoms with E-state index in [0.29, 0.717) is 0 Å². The number of hydrogen-bond acceptors (Lipinski definition) is 4. The number of nitrogen functional groups attached to an aromatic ring is 1. The molecule has 0 aliphatic carbocycles. The predicted molar refractivity (Wildman–Crippen MR) is 28.5 cm³/mol. The Kier molecular flexibility index (Phi) is 1.34. The number of halogens is 1. The second-order valence-corrected chi connectivity index (χ2v) is 1.62. The van der Waals surface area contributed by atoms with Gasteiger partial charge in [0.15, 0.2) is 12.3 Å². The summed E-state index contributed by atoms with van der Waals surface area (Å²) in [7, 11) is 0. The maximum atomic E-state index is 11.5. The maximum absolute atomic E-state index is 11.5. The zero-order valence-electron chi connectivity index (χ0n) is 3.78. The van der Waals surface area contributed by atoms with Crippen LogP contribution < -0.4 is 5.73 Å². The largest absolute Gasteiger partial charge is 0.367 e. The molecule has 6 heteroatoms. The topological polar surface area (TPSA) is 56.7 Å². The van der Waals surface area contributed by atoms with Gasteiger partial charge in [-0.1, -0.05) is 0 Å². The smallest absolute Gasteiger partial charge is 0.234 e. The highest BCUT2D eigenvalue weighted by Gasteiger charge is 1.95. The SMILES string of the molecule is Nc1nncn1SF. The van der Waals surface area contributed by atoms with Crippen LogP contribution in [0.25, 0.3) is 0 Å². The van der Waals surface area contributed by atoms with Crippen LogP contribution in [0, 0.1) is 0 Å². The van der Waals surface area contributed by atoms with Crippen LogP contribution in [0.3, 0.4) is 0 Å². The van der Waals surface area contributed by atoms with E-state index in [0.717, 1.165) is 3.97 Å². The van der Waals surface area contributed by atoms with Gasteiger partial charge in [-0.3, -0.25) is 0 Å². The lowest BCUT2D eigenvalue weighted by Crippen LogP contribution is -1.92. The third-order valence-electron chi connectivity index (χ3n) is 0.617. The van der Waals surface area contributed by atoms with Crippen molar-refractivity contribution in [1.29, 1.82) is 0 Å². The van der Waals surface area contributed by atoms with E-state index < -0.39 is 0 Å². The van der Waals surface area contributed by atoms with E-state index in [1.807, 2.05) is 0 Å². The molecule has 0 aromatic carbocycles. The van der Waals surface area contributed by atoms with E-state index in [-0.39, 0.29) is 18.3 Å². The molecule has 0 bridgehead atoms. The lowest BCUT2D eigenvalue weighted by molar-refractivity contribution is 0.916. The number of hydrogen-bond donors (Lipinski definition) is 1. The van der Waals surface area contributed by atoms with Crippen molar-refractivity contribution in [3.63, 3.8) is 0 Å². The van der Waals surface area contributed by atoms with Crippen LogP contribution in [0.15, 0.2) is 6.33 Å². The number of rotatable bonds is 1. The van der Waals surface area contributed by atoms with Crippen LogP contribution >= 0.6 is 12.3 Å². The quantitative estimate of drug-likeness (QED) is 0.597. The van der Waals surface area contributed by atoms with Crippen LogP contribution in [-0.4, -0.2) is 14.2 Å². The molecule has 1 heterocycles. The predicted octanol–water partition coefficient (Wildman–Crippen LogP) is 0.241. The van der Waals surface area contributed by atoms with E-state index in [1.54, 1.807) is 0 Å². The first-order valence-electron chi connectivity index (χ1n) is 1.79. The molecule has 0 amide bonds. The zero-order chi connectivity index (χ0) is 5.98. The van der Waals surface area contributed by atoms with Crippen LogP contribution in [0.1, 0.15) is 0 Å². The Hall–Kier alpha value is -0.780. The molecule has 0 spiro atoms. The number of anilines is 1. The Labute approximate surface area is 49.3 Å². The van der Waals surface area contributed by atoms with E-state index in [9.17, 15) is 3.89 Å². The van der Waals surface area contributed by atoms with Crippen molar-refractivity contribution >= 4 is 18.3 Å². The third kappa shape index (κ3) is 0.738. The molecule has 4 nitrogen and oxygen atoms in total. The monoisotopic (exact) mass is 134 g/mol. The van der Waals surface area contributed by atoms with E-state index in [4.69, 9.17) is 5.73 Å². The summed E-state index contributed by atoms with van der Waals surface area (Å²) in [5.74, 6) is 0.0671. The van der Waals surface area contributed by atoms with Crippen molar-refractivity contribution in [2.45, 2.75) is 0 Å². The molecule has 1 aromatic rings. The molecular formula is C2H3FN4S. The molecule has 1 aromatic heterocycles. The Morgan fingerprint density at radius 1 is 1.88 bits per heavy atom. The van der Waals surface area contributed by atoms with Gasteiger partial charge in [-0.2, -0.15) is 0 Å². The highest BCUT2D eigenvalue weighted by atomic mass is 32.2. The van der Waals surface area contributed by atoms with Gasteiger partial charge < -0.3 is 5.73 Å². The summed E-state index contributed by atoms with van der Waals surface area (Å²) < 4.78 is 12.6. The molecule has 0 radical (unpaired) electrons. The Balaban J connectivity index is 2.92. The molecule has 0 fully saturated rings. The van der Waals surface area contributed by atoms with E-state index >= 15 is 0 Å². The molecule has 44 valence electrons. The van der Waals surface area contributed by atoms with Gasteiger partial charge >= 0.3 is 0 Å². The first kappa shape index (κ1) is 5.36. The molecule has 1 rings (SSSR count). The normalized spacial score (nSPS) is 9.62. The summed E-state index contributed by atoms with van der Waals surface area (Å²) in [6.45, 7) is 0. The van der Waals surface area contributed by atoms with Crippen molar-refractivity contribution in [2.75, 3.05) is 5.73 Å². The van der Waals surface area contributed by atoms with Gasteiger partial charge in [0.25, 0.3) is 0 Å². The molecule has 2 N–H and O–H groups in total. The zero-order valence-corrected chi connectivity index (χ0v) is 4.60.